The van der Waals surface area contributed by atoms with E-state index in [2.05, 4.69) is 35.3 Å². The summed E-state index contributed by atoms with van der Waals surface area (Å²) in [7, 11) is 0. The molecule has 3 heterocycles. The monoisotopic (exact) mass is 528 g/mol. The van der Waals surface area contributed by atoms with Gasteiger partial charge in [0.1, 0.15) is 24.0 Å². The molecule has 0 unspecified atom stereocenters. The molecule has 0 fully saturated rings. The van der Waals surface area contributed by atoms with Gasteiger partial charge in [-0.15, -0.1) is 0 Å². The van der Waals surface area contributed by atoms with E-state index < -0.39 is 0 Å². The average molecular weight is 529 g/mol. The highest BCUT2D eigenvalue weighted by Crippen LogP contribution is 2.43. The highest BCUT2D eigenvalue weighted by molar-refractivity contribution is 5.88. The lowest BCUT2D eigenvalue weighted by Gasteiger charge is -2.13. The molecular weight excluding hydrogens is 504 g/mol. The number of nitrogens with zero attached hydrogens (tertiary/aromatic N) is 2. The zero-order valence-corrected chi connectivity index (χ0v) is 21.7. The molecule has 0 aliphatic rings. The van der Waals surface area contributed by atoms with Crippen LogP contribution in [-0.2, 0) is 6.61 Å². The number of aliphatic imine (C=N–C) groups is 1. The number of hydrogen-bond donors (Lipinski definition) is 0. The average Bonchev–Trinajstić information content (AvgIpc) is 3.77. The first-order chi connectivity index (χ1) is 19.7. The molecule has 0 radical (unpaired) electrons. The minimum absolute atomic E-state index is 0.148. The smallest absolute Gasteiger partial charge is 0.238 e. The second kappa shape index (κ2) is 11.1. The zero-order valence-electron chi connectivity index (χ0n) is 21.7. The van der Waals surface area contributed by atoms with Gasteiger partial charge in [0.25, 0.3) is 0 Å². The number of ether oxygens (including phenoxy) is 2. The van der Waals surface area contributed by atoms with Crippen LogP contribution in [0.25, 0.3) is 33.6 Å². The van der Waals surface area contributed by atoms with Crippen LogP contribution in [0.3, 0.4) is 0 Å². The van der Waals surface area contributed by atoms with Gasteiger partial charge in [-0.25, -0.2) is 4.99 Å². The fraction of sp³-hybridized carbons (Fsp3) is 0.0909. The van der Waals surface area contributed by atoms with Crippen LogP contribution in [0.1, 0.15) is 23.6 Å². The quantitative estimate of drug-likeness (QED) is 0.175. The summed E-state index contributed by atoms with van der Waals surface area (Å²) in [5, 5.41) is 12.3. The molecule has 0 amide bonds. The van der Waals surface area contributed by atoms with Crippen molar-refractivity contribution in [2.75, 3.05) is 6.61 Å². The van der Waals surface area contributed by atoms with Gasteiger partial charge in [-0.3, -0.25) is 0 Å². The third-order valence-corrected chi connectivity index (χ3v) is 6.38. The Balaban J connectivity index is 1.29. The molecule has 0 spiro atoms. The first-order valence-corrected chi connectivity index (χ1v) is 12.8. The topological polar surface area (TPSA) is 94.0 Å². The molecule has 40 heavy (non-hydrogen) atoms. The molecule has 7 heteroatoms. The summed E-state index contributed by atoms with van der Waals surface area (Å²) in [6, 6.07) is 29.2. The van der Waals surface area contributed by atoms with Gasteiger partial charge in [-0.05, 0) is 71.3 Å². The van der Waals surface area contributed by atoms with Crippen molar-refractivity contribution in [1.82, 2.24) is 0 Å². The molecule has 0 saturated heterocycles. The van der Waals surface area contributed by atoms with E-state index in [0.717, 1.165) is 16.5 Å². The molecule has 3 aromatic carbocycles. The summed E-state index contributed by atoms with van der Waals surface area (Å²) >= 11 is 0. The summed E-state index contributed by atoms with van der Waals surface area (Å²) in [6.45, 7) is 2.79. The maximum absolute atomic E-state index is 9.98. The van der Waals surface area contributed by atoms with Crippen molar-refractivity contribution in [3.63, 3.8) is 0 Å². The molecule has 0 atom stereocenters. The number of nitriles is 1. The minimum atomic E-state index is 0.148. The van der Waals surface area contributed by atoms with Crippen LogP contribution in [0, 0.1) is 11.3 Å². The van der Waals surface area contributed by atoms with E-state index in [4.69, 9.17) is 22.7 Å². The normalized spacial score (nSPS) is 11.2. The van der Waals surface area contributed by atoms with Crippen molar-refractivity contribution in [2.45, 2.75) is 13.5 Å². The Bertz CT molecular complexity index is 1820. The third-order valence-electron chi connectivity index (χ3n) is 6.38. The van der Waals surface area contributed by atoms with Crippen LogP contribution in [0.15, 0.2) is 116 Å². The lowest BCUT2D eigenvalue weighted by molar-refractivity contribution is 0.270. The third kappa shape index (κ3) is 4.86. The number of benzene rings is 3. The van der Waals surface area contributed by atoms with Crippen LogP contribution in [0.2, 0.25) is 0 Å². The highest BCUT2D eigenvalue weighted by atomic mass is 16.5. The second-order valence-electron chi connectivity index (χ2n) is 8.88. The van der Waals surface area contributed by atoms with E-state index in [1.54, 1.807) is 30.5 Å². The van der Waals surface area contributed by atoms with Crippen LogP contribution in [0.4, 0.5) is 5.88 Å². The van der Waals surface area contributed by atoms with E-state index in [9.17, 15) is 5.26 Å². The largest absolute Gasteiger partial charge is 0.490 e. The standard InChI is InChI=1S/C33H24N2O5/c1-2-36-30-18-22(14-15-27(30)39-21-24-10-5-9-23-8-3-4-11-25(23)24)20-35-33-26(19-34)31(28-12-6-16-37-28)32(40-33)29-13-7-17-38-29/h3-18,20H,2,21H2,1H3. The van der Waals surface area contributed by atoms with Crippen LogP contribution in [-0.4, -0.2) is 12.8 Å². The van der Waals surface area contributed by atoms with Gasteiger partial charge in [0.05, 0.1) is 24.7 Å². The Morgan fingerprint density at radius 3 is 2.42 bits per heavy atom. The summed E-state index contributed by atoms with van der Waals surface area (Å²) < 4.78 is 29.2. The van der Waals surface area contributed by atoms with E-state index in [1.165, 1.54) is 17.9 Å². The maximum Gasteiger partial charge on any atom is 0.238 e. The maximum atomic E-state index is 9.98. The Hall–Kier alpha value is -5.48. The Labute approximate surface area is 230 Å². The number of furan rings is 3. The molecule has 6 rings (SSSR count). The van der Waals surface area contributed by atoms with Gasteiger partial charge in [0.2, 0.25) is 5.88 Å². The number of rotatable bonds is 9. The molecule has 0 N–H and O–H groups in total. The first kappa shape index (κ1) is 24.8. The zero-order chi connectivity index (χ0) is 27.3. The van der Waals surface area contributed by atoms with Gasteiger partial charge >= 0.3 is 0 Å². The molecule has 0 aliphatic heterocycles. The molecule has 6 aromatic rings. The fourth-order valence-electron chi connectivity index (χ4n) is 4.55. The second-order valence-corrected chi connectivity index (χ2v) is 8.88. The van der Waals surface area contributed by atoms with Gasteiger partial charge in [0, 0.05) is 6.21 Å². The molecule has 3 aromatic heterocycles. The predicted octanol–water partition coefficient (Wildman–Crippen LogP) is 8.55. The predicted molar refractivity (Wildman–Crippen MR) is 152 cm³/mol. The van der Waals surface area contributed by atoms with Gasteiger partial charge in [-0.2, -0.15) is 5.26 Å². The number of hydrogen-bond acceptors (Lipinski definition) is 7. The summed E-state index contributed by atoms with van der Waals surface area (Å²) in [5.41, 5.74) is 2.58. The van der Waals surface area contributed by atoms with E-state index in [-0.39, 0.29) is 11.4 Å². The summed E-state index contributed by atoms with van der Waals surface area (Å²) in [4.78, 5) is 4.51. The van der Waals surface area contributed by atoms with Crippen molar-refractivity contribution < 1.29 is 22.7 Å². The first-order valence-electron chi connectivity index (χ1n) is 12.8. The van der Waals surface area contributed by atoms with Crippen molar-refractivity contribution in [1.29, 1.82) is 5.26 Å². The minimum Gasteiger partial charge on any atom is -0.490 e. The van der Waals surface area contributed by atoms with Gasteiger partial charge < -0.3 is 22.7 Å². The van der Waals surface area contributed by atoms with E-state index in [1.807, 2.05) is 43.3 Å². The SMILES string of the molecule is CCOc1cc(C=Nc2oc(-c3ccco3)c(-c3ccco3)c2C#N)ccc1OCc1cccc2ccccc12. The summed E-state index contributed by atoms with van der Waals surface area (Å²) in [5.74, 6) is 2.70. The molecule has 0 aliphatic carbocycles. The van der Waals surface area contributed by atoms with Crippen molar-refractivity contribution in [2.24, 2.45) is 4.99 Å². The van der Waals surface area contributed by atoms with Gasteiger partial charge in [0.15, 0.2) is 23.0 Å². The fourth-order valence-corrected chi connectivity index (χ4v) is 4.55. The highest BCUT2D eigenvalue weighted by Gasteiger charge is 2.26. The van der Waals surface area contributed by atoms with Crippen molar-refractivity contribution >= 4 is 22.9 Å². The Kier molecular flexibility index (Phi) is 6.89. The molecule has 0 saturated carbocycles. The molecular formula is C33H24N2O5. The van der Waals surface area contributed by atoms with Crippen LogP contribution < -0.4 is 9.47 Å². The lowest BCUT2D eigenvalue weighted by Crippen LogP contribution is -2.01. The van der Waals surface area contributed by atoms with E-state index in [0.29, 0.717) is 47.6 Å². The van der Waals surface area contributed by atoms with Crippen LogP contribution >= 0.6 is 0 Å². The Morgan fingerprint density at radius 1 is 0.850 bits per heavy atom. The van der Waals surface area contributed by atoms with Crippen molar-refractivity contribution in [3.8, 4) is 40.4 Å². The summed E-state index contributed by atoms with van der Waals surface area (Å²) in [6.07, 6.45) is 4.70. The molecule has 196 valence electrons. The van der Waals surface area contributed by atoms with Gasteiger partial charge in [-0.1, -0.05) is 42.5 Å². The molecule has 0 bridgehead atoms. The van der Waals surface area contributed by atoms with E-state index >= 15 is 0 Å². The number of fused-ring (bicyclic) bond motifs is 1. The lowest BCUT2D eigenvalue weighted by atomic mass is 10.1. The molecule has 7 nitrogen and oxygen atoms in total. The van der Waals surface area contributed by atoms with Crippen LogP contribution in [0.5, 0.6) is 11.5 Å². The van der Waals surface area contributed by atoms with Crippen molar-refractivity contribution in [3.05, 3.63) is 114 Å². The Morgan fingerprint density at radius 2 is 1.65 bits per heavy atom.